The highest BCUT2D eigenvalue weighted by molar-refractivity contribution is 6.10. The number of hydrogen-bond donors (Lipinski definition) is 0. The molecule has 0 aliphatic carbocycles. The summed E-state index contributed by atoms with van der Waals surface area (Å²) in [6, 6.07) is 7.30. The molecule has 0 atom stereocenters. The average molecular weight is 274 g/mol. The predicted octanol–water partition coefficient (Wildman–Crippen LogP) is 4.92. The molecular weight excluding hydrogens is 248 g/mol. The number of rotatable bonds is 8. The minimum absolute atomic E-state index is 0.0191. The van der Waals surface area contributed by atoms with E-state index in [1.54, 1.807) is 12.1 Å². The Kier molecular flexibility index (Phi) is 6.63. The number of ketones is 2. The molecule has 0 unspecified atom stereocenters. The first-order valence-corrected chi connectivity index (χ1v) is 7.77. The number of hydrogen-bond acceptors (Lipinski definition) is 2. The number of carbonyl (C=O) groups excluding carboxylic acids is 2. The minimum atomic E-state index is 0.0191. The van der Waals surface area contributed by atoms with E-state index in [0.717, 1.165) is 25.7 Å². The average Bonchev–Trinajstić information content (AvgIpc) is 2.49. The summed E-state index contributed by atoms with van der Waals surface area (Å²) < 4.78 is 0. The zero-order valence-corrected chi connectivity index (χ0v) is 13.1. The van der Waals surface area contributed by atoms with Crippen LogP contribution in [0.4, 0.5) is 0 Å². The van der Waals surface area contributed by atoms with Crippen molar-refractivity contribution in [1.29, 1.82) is 0 Å². The van der Waals surface area contributed by atoms with Gasteiger partial charge in [0.25, 0.3) is 0 Å². The monoisotopic (exact) mass is 274 g/mol. The molecule has 0 heterocycles. The highest BCUT2D eigenvalue weighted by Crippen LogP contribution is 2.23. The van der Waals surface area contributed by atoms with Gasteiger partial charge in [0.05, 0.1) is 0 Å². The smallest absolute Gasteiger partial charge is 0.166 e. The van der Waals surface area contributed by atoms with E-state index in [1.165, 1.54) is 0 Å². The van der Waals surface area contributed by atoms with E-state index in [0.29, 0.717) is 11.1 Å². The van der Waals surface area contributed by atoms with Gasteiger partial charge in [-0.2, -0.15) is 0 Å². The van der Waals surface area contributed by atoms with Crippen molar-refractivity contribution >= 4 is 11.6 Å². The summed E-state index contributed by atoms with van der Waals surface area (Å²) in [5.74, 6) is 0.270. The van der Waals surface area contributed by atoms with Gasteiger partial charge in [0.2, 0.25) is 0 Å². The molecule has 0 spiro atoms. The van der Waals surface area contributed by atoms with Gasteiger partial charge in [-0.3, -0.25) is 9.59 Å². The number of carbonyl (C=O) groups is 2. The maximum Gasteiger partial charge on any atom is 0.166 e. The van der Waals surface area contributed by atoms with Crippen LogP contribution in [0, 0.1) is 11.8 Å². The highest BCUT2D eigenvalue weighted by atomic mass is 16.1. The van der Waals surface area contributed by atoms with Gasteiger partial charge in [0, 0.05) is 23.0 Å². The van der Waals surface area contributed by atoms with Crippen LogP contribution in [0.1, 0.15) is 74.1 Å². The Hall–Kier alpha value is -1.44. The summed E-state index contributed by atoms with van der Waals surface area (Å²) in [6.45, 7) is 8.10. The van der Waals surface area contributed by atoms with Gasteiger partial charge in [-0.05, 0) is 25.7 Å². The molecule has 0 radical (unpaired) electrons. The fourth-order valence-corrected chi connectivity index (χ4v) is 2.67. The van der Waals surface area contributed by atoms with E-state index < -0.39 is 0 Å². The van der Waals surface area contributed by atoms with Crippen molar-refractivity contribution in [2.75, 3.05) is 0 Å². The standard InChI is InChI=1S/C18H26O2/c1-5-13(6-2)17(19)15-11-9-10-12-16(15)18(20)14(7-3)8-4/h9-14H,5-8H2,1-4H3. The summed E-state index contributed by atoms with van der Waals surface area (Å²) in [6.07, 6.45) is 3.29. The largest absolute Gasteiger partial charge is 0.294 e. The van der Waals surface area contributed by atoms with Crippen LogP contribution in [0.5, 0.6) is 0 Å². The fourth-order valence-electron chi connectivity index (χ4n) is 2.67. The molecular formula is C18H26O2. The van der Waals surface area contributed by atoms with Gasteiger partial charge in [-0.1, -0.05) is 52.0 Å². The molecule has 0 saturated carbocycles. The Bertz CT molecular complexity index is 411. The second kappa shape index (κ2) is 7.98. The molecule has 0 aliphatic heterocycles. The lowest BCUT2D eigenvalue weighted by Crippen LogP contribution is -2.20. The van der Waals surface area contributed by atoms with Crippen molar-refractivity contribution in [3.8, 4) is 0 Å². The second-order valence-electron chi connectivity index (χ2n) is 5.30. The second-order valence-corrected chi connectivity index (χ2v) is 5.30. The van der Waals surface area contributed by atoms with Gasteiger partial charge in [-0.15, -0.1) is 0 Å². The molecule has 1 aromatic carbocycles. The summed E-state index contributed by atoms with van der Waals surface area (Å²) in [7, 11) is 0. The topological polar surface area (TPSA) is 34.1 Å². The molecule has 0 bridgehead atoms. The first kappa shape index (κ1) is 16.6. The van der Waals surface area contributed by atoms with Gasteiger partial charge < -0.3 is 0 Å². The van der Waals surface area contributed by atoms with Gasteiger partial charge in [0.15, 0.2) is 11.6 Å². The van der Waals surface area contributed by atoms with Crippen molar-refractivity contribution in [2.24, 2.45) is 11.8 Å². The Morgan fingerprint density at radius 3 is 1.30 bits per heavy atom. The minimum Gasteiger partial charge on any atom is -0.294 e. The third-order valence-electron chi connectivity index (χ3n) is 4.17. The molecule has 0 amide bonds. The van der Waals surface area contributed by atoms with Crippen molar-refractivity contribution in [3.63, 3.8) is 0 Å². The molecule has 20 heavy (non-hydrogen) atoms. The molecule has 0 aromatic heterocycles. The first-order chi connectivity index (χ1) is 9.60. The van der Waals surface area contributed by atoms with E-state index in [-0.39, 0.29) is 23.4 Å². The van der Waals surface area contributed by atoms with Crippen LogP contribution < -0.4 is 0 Å². The van der Waals surface area contributed by atoms with Crippen LogP contribution in [-0.2, 0) is 0 Å². The number of benzene rings is 1. The molecule has 110 valence electrons. The normalized spacial score (nSPS) is 11.1. The summed E-state index contributed by atoms with van der Waals surface area (Å²) in [5, 5.41) is 0. The molecule has 0 fully saturated rings. The third-order valence-corrected chi connectivity index (χ3v) is 4.17. The van der Waals surface area contributed by atoms with Crippen molar-refractivity contribution in [3.05, 3.63) is 35.4 Å². The lowest BCUT2D eigenvalue weighted by atomic mass is 9.85. The van der Waals surface area contributed by atoms with Gasteiger partial charge >= 0.3 is 0 Å². The molecule has 2 nitrogen and oxygen atoms in total. The quantitative estimate of drug-likeness (QED) is 0.630. The van der Waals surface area contributed by atoms with E-state index >= 15 is 0 Å². The molecule has 1 rings (SSSR count). The predicted molar refractivity (Wildman–Crippen MR) is 83.2 cm³/mol. The molecule has 0 aliphatic rings. The van der Waals surface area contributed by atoms with Crippen LogP contribution in [0.2, 0.25) is 0 Å². The summed E-state index contributed by atoms with van der Waals surface area (Å²) in [5.41, 5.74) is 1.22. The van der Waals surface area contributed by atoms with Crippen LogP contribution in [0.3, 0.4) is 0 Å². The van der Waals surface area contributed by atoms with E-state index in [2.05, 4.69) is 0 Å². The van der Waals surface area contributed by atoms with Gasteiger partial charge in [0.1, 0.15) is 0 Å². The molecule has 1 aromatic rings. The van der Waals surface area contributed by atoms with Crippen LogP contribution in [-0.4, -0.2) is 11.6 Å². The molecule has 2 heteroatoms. The van der Waals surface area contributed by atoms with E-state index in [1.807, 2.05) is 39.8 Å². The fraction of sp³-hybridized carbons (Fsp3) is 0.556. The Morgan fingerprint density at radius 1 is 0.750 bits per heavy atom. The first-order valence-electron chi connectivity index (χ1n) is 7.77. The Labute approximate surface area is 122 Å². The Morgan fingerprint density at radius 2 is 1.05 bits per heavy atom. The van der Waals surface area contributed by atoms with Crippen molar-refractivity contribution in [2.45, 2.75) is 53.4 Å². The van der Waals surface area contributed by atoms with E-state index in [9.17, 15) is 9.59 Å². The lowest BCUT2D eigenvalue weighted by molar-refractivity contribution is 0.0878. The van der Waals surface area contributed by atoms with E-state index in [4.69, 9.17) is 0 Å². The van der Waals surface area contributed by atoms with Crippen LogP contribution in [0.25, 0.3) is 0 Å². The zero-order chi connectivity index (χ0) is 15.1. The van der Waals surface area contributed by atoms with Gasteiger partial charge in [-0.25, -0.2) is 0 Å². The van der Waals surface area contributed by atoms with Crippen molar-refractivity contribution < 1.29 is 9.59 Å². The molecule has 0 saturated heterocycles. The summed E-state index contributed by atoms with van der Waals surface area (Å²) in [4.78, 5) is 25.2. The molecule has 0 N–H and O–H groups in total. The maximum atomic E-state index is 12.6. The number of Topliss-reactive ketones (excluding diaryl/α,β-unsaturated/α-hetero) is 2. The van der Waals surface area contributed by atoms with Crippen molar-refractivity contribution in [1.82, 2.24) is 0 Å². The zero-order valence-electron chi connectivity index (χ0n) is 13.1. The van der Waals surface area contributed by atoms with Crippen LogP contribution in [0.15, 0.2) is 24.3 Å². The maximum absolute atomic E-state index is 12.6. The Balaban J connectivity index is 3.17. The van der Waals surface area contributed by atoms with Crippen LogP contribution >= 0.6 is 0 Å². The summed E-state index contributed by atoms with van der Waals surface area (Å²) >= 11 is 0. The lowest BCUT2D eigenvalue weighted by Gasteiger charge is -2.17. The SMILES string of the molecule is CCC(CC)C(=O)c1ccccc1C(=O)C(CC)CC. The highest BCUT2D eigenvalue weighted by Gasteiger charge is 2.24. The third kappa shape index (κ3) is 3.56.